The highest BCUT2D eigenvalue weighted by atomic mass is 32.1. The molecular weight excluding hydrogens is 460 g/mol. The number of rotatable bonds is 7. The Bertz CT molecular complexity index is 1450. The van der Waals surface area contributed by atoms with Crippen LogP contribution in [0.4, 0.5) is 5.69 Å². The Morgan fingerprint density at radius 2 is 1.77 bits per heavy atom. The zero-order valence-corrected chi connectivity index (χ0v) is 20.0. The number of nitrogens with one attached hydrogen (secondary N) is 1. The van der Waals surface area contributed by atoms with Crippen molar-refractivity contribution in [2.24, 2.45) is 0 Å². The summed E-state index contributed by atoms with van der Waals surface area (Å²) in [7, 11) is 3.17. The molecule has 0 aliphatic carbocycles. The SMILES string of the molecule is COc1ccc(-c2nn(-c3ccccc3)cc2C(=O)Nc2ccc(-c3nccs3)cc2)c(OC)c1. The van der Waals surface area contributed by atoms with Crippen LogP contribution in [-0.4, -0.2) is 34.9 Å². The van der Waals surface area contributed by atoms with E-state index in [9.17, 15) is 4.79 Å². The summed E-state index contributed by atoms with van der Waals surface area (Å²) in [5, 5.41) is 10.6. The topological polar surface area (TPSA) is 78.3 Å². The molecule has 8 heteroatoms. The standard InChI is InChI=1S/C27H22N4O3S/c1-33-21-12-13-22(24(16-21)34-2)25-23(17-31(30-25)20-6-4-3-5-7-20)26(32)29-19-10-8-18(9-11-19)27-28-14-15-35-27/h3-17H,1-2H3,(H,29,32). The molecule has 35 heavy (non-hydrogen) atoms. The summed E-state index contributed by atoms with van der Waals surface area (Å²) in [4.78, 5) is 17.8. The highest BCUT2D eigenvalue weighted by molar-refractivity contribution is 7.13. The number of ether oxygens (including phenoxy) is 2. The van der Waals surface area contributed by atoms with Crippen molar-refractivity contribution in [1.29, 1.82) is 0 Å². The number of nitrogens with zero attached hydrogens (tertiary/aromatic N) is 3. The number of amides is 1. The molecule has 0 aliphatic heterocycles. The van der Waals surface area contributed by atoms with Gasteiger partial charge in [-0.15, -0.1) is 11.3 Å². The molecule has 1 amide bonds. The number of benzene rings is 3. The summed E-state index contributed by atoms with van der Waals surface area (Å²) in [6.07, 6.45) is 3.50. The Balaban J connectivity index is 1.52. The number of methoxy groups -OCH3 is 2. The van der Waals surface area contributed by atoms with Crippen LogP contribution in [0.3, 0.4) is 0 Å². The van der Waals surface area contributed by atoms with Gasteiger partial charge in [-0.05, 0) is 48.5 Å². The summed E-state index contributed by atoms with van der Waals surface area (Å²) in [5.41, 5.74) is 4.13. The molecule has 0 saturated heterocycles. The van der Waals surface area contributed by atoms with E-state index in [4.69, 9.17) is 14.6 Å². The van der Waals surface area contributed by atoms with Crippen LogP contribution in [0.2, 0.25) is 0 Å². The number of hydrogen-bond donors (Lipinski definition) is 1. The number of aromatic nitrogens is 3. The van der Waals surface area contributed by atoms with E-state index in [0.29, 0.717) is 34.0 Å². The number of hydrogen-bond acceptors (Lipinski definition) is 6. The van der Waals surface area contributed by atoms with Crippen molar-refractivity contribution < 1.29 is 14.3 Å². The van der Waals surface area contributed by atoms with Crippen LogP contribution in [0.5, 0.6) is 11.5 Å². The molecule has 5 aromatic rings. The summed E-state index contributed by atoms with van der Waals surface area (Å²) >= 11 is 1.57. The maximum absolute atomic E-state index is 13.4. The fourth-order valence-electron chi connectivity index (χ4n) is 3.71. The smallest absolute Gasteiger partial charge is 0.259 e. The molecule has 1 N–H and O–H groups in total. The molecule has 0 unspecified atom stereocenters. The van der Waals surface area contributed by atoms with Crippen LogP contribution >= 0.6 is 11.3 Å². The predicted octanol–water partition coefficient (Wildman–Crippen LogP) is 5.93. The van der Waals surface area contributed by atoms with E-state index in [1.54, 1.807) is 48.7 Å². The maximum Gasteiger partial charge on any atom is 0.259 e. The van der Waals surface area contributed by atoms with E-state index in [2.05, 4.69) is 10.3 Å². The fraction of sp³-hybridized carbons (Fsp3) is 0.0741. The Morgan fingerprint density at radius 1 is 0.971 bits per heavy atom. The van der Waals surface area contributed by atoms with Crippen LogP contribution < -0.4 is 14.8 Å². The first-order valence-corrected chi connectivity index (χ1v) is 11.7. The van der Waals surface area contributed by atoms with Gasteiger partial charge in [0, 0.05) is 40.7 Å². The monoisotopic (exact) mass is 482 g/mol. The first-order valence-electron chi connectivity index (χ1n) is 10.8. The summed E-state index contributed by atoms with van der Waals surface area (Å²) in [6, 6.07) is 22.7. The normalized spacial score (nSPS) is 10.7. The third-order valence-corrected chi connectivity index (χ3v) is 6.29. The Labute approximate surface area is 206 Å². The highest BCUT2D eigenvalue weighted by Gasteiger charge is 2.22. The lowest BCUT2D eigenvalue weighted by Gasteiger charge is -2.10. The molecular formula is C27H22N4O3S. The van der Waals surface area contributed by atoms with E-state index in [-0.39, 0.29) is 5.91 Å². The van der Waals surface area contributed by atoms with E-state index < -0.39 is 0 Å². The number of thiazole rings is 1. The van der Waals surface area contributed by atoms with Crippen molar-refractivity contribution in [2.45, 2.75) is 0 Å². The van der Waals surface area contributed by atoms with Crippen molar-refractivity contribution in [3.63, 3.8) is 0 Å². The summed E-state index contributed by atoms with van der Waals surface area (Å²) in [5.74, 6) is 0.936. The zero-order chi connectivity index (χ0) is 24.2. The molecule has 7 nitrogen and oxygen atoms in total. The van der Waals surface area contributed by atoms with Gasteiger partial charge in [0.1, 0.15) is 22.2 Å². The zero-order valence-electron chi connectivity index (χ0n) is 19.1. The first kappa shape index (κ1) is 22.4. The van der Waals surface area contributed by atoms with Gasteiger partial charge < -0.3 is 14.8 Å². The first-order chi connectivity index (χ1) is 17.2. The molecule has 174 valence electrons. The van der Waals surface area contributed by atoms with E-state index in [0.717, 1.165) is 16.3 Å². The van der Waals surface area contributed by atoms with Gasteiger partial charge in [-0.2, -0.15) is 5.10 Å². The van der Waals surface area contributed by atoms with E-state index in [1.165, 1.54) is 0 Å². The largest absolute Gasteiger partial charge is 0.497 e. The van der Waals surface area contributed by atoms with Crippen LogP contribution in [0.25, 0.3) is 27.5 Å². The molecule has 3 aromatic carbocycles. The van der Waals surface area contributed by atoms with Crippen molar-refractivity contribution in [3.05, 3.63) is 96.1 Å². The lowest BCUT2D eigenvalue weighted by Crippen LogP contribution is -2.12. The molecule has 0 spiro atoms. The van der Waals surface area contributed by atoms with Gasteiger partial charge in [0.25, 0.3) is 5.91 Å². The third kappa shape index (κ3) is 4.64. The van der Waals surface area contributed by atoms with Gasteiger partial charge in [-0.25, -0.2) is 9.67 Å². The number of para-hydroxylation sites is 1. The van der Waals surface area contributed by atoms with Crippen molar-refractivity contribution in [3.8, 4) is 39.0 Å². The second-order valence-corrected chi connectivity index (χ2v) is 8.50. The van der Waals surface area contributed by atoms with Gasteiger partial charge in [0.15, 0.2) is 0 Å². The Hall–Kier alpha value is -4.43. The van der Waals surface area contributed by atoms with Gasteiger partial charge in [0.2, 0.25) is 0 Å². The molecule has 0 atom stereocenters. The number of carbonyl (C=O) groups excluding carboxylic acids is 1. The van der Waals surface area contributed by atoms with Gasteiger partial charge >= 0.3 is 0 Å². The van der Waals surface area contributed by atoms with Crippen molar-refractivity contribution >= 4 is 22.9 Å². The van der Waals surface area contributed by atoms with Crippen LogP contribution in [0.15, 0.2) is 90.6 Å². The number of carbonyl (C=O) groups is 1. The van der Waals surface area contributed by atoms with Crippen molar-refractivity contribution in [1.82, 2.24) is 14.8 Å². The maximum atomic E-state index is 13.4. The minimum atomic E-state index is -0.276. The Morgan fingerprint density at radius 3 is 2.46 bits per heavy atom. The quantitative estimate of drug-likeness (QED) is 0.311. The highest BCUT2D eigenvalue weighted by Crippen LogP contribution is 2.35. The Kier molecular flexibility index (Phi) is 6.28. The average Bonchev–Trinajstić information content (AvgIpc) is 3.60. The molecule has 0 radical (unpaired) electrons. The molecule has 5 rings (SSSR count). The van der Waals surface area contributed by atoms with Crippen LogP contribution in [0, 0.1) is 0 Å². The molecule has 0 aliphatic rings. The second kappa shape index (κ2) is 9.82. The molecule has 0 saturated carbocycles. The van der Waals surface area contributed by atoms with Crippen LogP contribution in [-0.2, 0) is 0 Å². The van der Waals surface area contributed by atoms with Gasteiger partial charge in [0.05, 0.1) is 25.5 Å². The van der Waals surface area contributed by atoms with Gasteiger partial charge in [-0.3, -0.25) is 4.79 Å². The lowest BCUT2D eigenvalue weighted by molar-refractivity contribution is 0.102. The third-order valence-electron chi connectivity index (χ3n) is 5.47. The average molecular weight is 483 g/mol. The lowest BCUT2D eigenvalue weighted by atomic mass is 10.1. The van der Waals surface area contributed by atoms with Crippen molar-refractivity contribution in [2.75, 3.05) is 19.5 Å². The second-order valence-electron chi connectivity index (χ2n) is 7.61. The number of anilines is 1. The van der Waals surface area contributed by atoms with Gasteiger partial charge in [-0.1, -0.05) is 18.2 Å². The molecule has 2 heterocycles. The fourth-order valence-corrected chi connectivity index (χ4v) is 4.35. The molecule has 0 fully saturated rings. The summed E-state index contributed by atoms with van der Waals surface area (Å²) in [6.45, 7) is 0. The minimum Gasteiger partial charge on any atom is -0.497 e. The minimum absolute atomic E-state index is 0.276. The predicted molar refractivity (Wildman–Crippen MR) is 138 cm³/mol. The summed E-state index contributed by atoms with van der Waals surface area (Å²) < 4.78 is 12.6. The van der Waals surface area contributed by atoms with Crippen LogP contribution in [0.1, 0.15) is 10.4 Å². The molecule has 0 bridgehead atoms. The van der Waals surface area contributed by atoms with E-state index >= 15 is 0 Å². The van der Waals surface area contributed by atoms with E-state index in [1.807, 2.05) is 72.1 Å². The molecule has 2 aromatic heterocycles.